The molecule has 7 heteroatoms. The number of para-hydroxylation sites is 1. The molecule has 0 aromatic heterocycles. The third-order valence-electron chi connectivity index (χ3n) is 2.84. The average molecular weight is 283 g/mol. The highest BCUT2D eigenvalue weighted by atomic mass is 32.2. The van der Waals surface area contributed by atoms with Crippen LogP contribution in [0.4, 0.5) is 5.69 Å². The first-order chi connectivity index (χ1) is 9.08. The van der Waals surface area contributed by atoms with E-state index >= 15 is 0 Å². The summed E-state index contributed by atoms with van der Waals surface area (Å²) in [6, 6.07) is 6.76. The van der Waals surface area contributed by atoms with Gasteiger partial charge in [0.05, 0.1) is 18.3 Å². The standard InChI is InChI=1S/C12H17N3O3S/c1-2-18-10(7-13)8-15-9-14-19(16,17)12-6-4-3-5-11(12)15/h3-6,9-10H,2,7-8,13H2,1H3. The Morgan fingerprint density at radius 3 is 2.84 bits per heavy atom. The van der Waals surface area contributed by atoms with Gasteiger partial charge in [0.15, 0.2) is 0 Å². The summed E-state index contributed by atoms with van der Waals surface area (Å²) < 4.78 is 32.7. The van der Waals surface area contributed by atoms with Crippen molar-refractivity contribution in [1.29, 1.82) is 0 Å². The molecule has 1 atom stereocenters. The fraction of sp³-hybridized carbons (Fsp3) is 0.417. The molecule has 1 aliphatic heterocycles. The van der Waals surface area contributed by atoms with Crippen LogP contribution in [0.1, 0.15) is 6.92 Å². The van der Waals surface area contributed by atoms with Gasteiger partial charge in [-0.1, -0.05) is 12.1 Å². The molecule has 0 radical (unpaired) electrons. The van der Waals surface area contributed by atoms with E-state index in [0.29, 0.717) is 25.4 Å². The van der Waals surface area contributed by atoms with E-state index in [9.17, 15) is 8.42 Å². The lowest BCUT2D eigenvalue weighted by Gasteiger charge is -2.28. The van der Waals surface area contributed by atoms with Crippen LogP contribution in [-0.4, -0.2) is 40.6 Å². The lowest BCUT2D eigenvalue weighted by Crippen LogP contribution is -2.39. The highest BCUT2D eigenvalue weighted by Crippen LogP contribution is 2.29. The summed E-state index contributed by atoms with van der Waals surface area (Å²) in [4.78, 5) is 1.97. The molecule has 0 saturated heterocycles. The molecule has 2 N–H and O–H groups in total. The van der Waals surface area contributed by atoms with E-state index in [0.717, 1.165) is 0 Å². The molecule has 19 heavy (non-hydrogen) atoms. The summed E-state index contributed by atoms with van der Waals surface area (Å²) in [6.45, 7) is 3.30. The largest absolute Gasteiger partial charge is 0.375 e. The van der Waals surface area contributed by atoms with Gasteiger partial charge in [0.1, 0.15) is 11.2 Å². The quantitative estimate of drug-likeness (QED) is 0.854. The van der Waals surface area contributed by atoms with Crippen LogP contribution < -0.4 is 10.6 Å². The number of fused-ring (bicyclic) bond motifs is 1. The zero-order valence-corrected chi connectivity index (χ0v) is 11.5. The molecule has 1 aromatic carbocycles. The number of hydrogen-bond acceptors (Lipinski definition) is 5. The van der Waals surface area contributed by atoms with Gasteiger partial charge >= 0.3 is 0 Å². The van der Waals surface area contributed by atoms with Crippen molar-refractivity contribution in [3.8, 4) is 0 Å². The summed E-state index contributed by atoms with van der Waals surface area (Å²) >= 11 is 0. The fourth-order valence-corrected chi connectivity index (χ4v) is 3.00. The monoisotopic (exact) mass is 283 g/mol. The zero-order chi connectivity index (χ0) is 13.9. The Morgan fingerprint density at radius 2 is 2.16 bits per heavy atom. The third-order valence-corrected chi connectivity index (χ3v) is 4.12. The smallest absolute Gasteiger partial charge is 0.285 e. The summed E-state index contributed by atoms with van der Waals surface area (Å²) in [5, 5.41) is 0. The third kappa shape index (κ3) is 2.94. The van der Waals surface area contributed by atoms with Crippen LogP contribution in [0.2, 0.25) is 0 Å². The fourth-order valence-electron chi connectivity index (χ4n) is 1.95. The molecule has 1 aromatic rings. The number of ether oxygens (including phenoxy) is 1. The molecule has 0 saturated carbocycles. The SMILES string of the molecule is CCOC(CN)CN1C=NS(=O)(=O)c2ccccc21. The van der Waals surface area contributed by atoms with Gasteiger partial charge in [-0.25, -0.2) is 0 Å². The number of nitrogens with two attached hydrogens (primary N) is 1. The number of anilines is 1. The van der Waals surface area contributed by atoms with Gasteiger partial charge in [0.25, 0.3) is 10.0 Å². The van der Waals surface area contributed by atoms with Gasteiger partial charge < -0.3 is 15.4 Å². The van der Waals surface area contributed by atoms with Crippen molar-refractivity contribution in [3.63, 3.8) is 0 Å². The van der Waals surface area contributed by atoms with E-state index in [2.05, 4.69) is 4.40 Å². The minimum atomic E-state index is -3.57. The summed E-state index contributed by atoms with van der Waals surface area (Å²) in [5.41, 5.74) is 6.24. The average Bonchev–Trinajstić information content (AvgIpc) is 2.41. The number of nitrogens with zero attached hydrogens (tertiary/aromatic N) is 2. The normalized spacial score (nSPS) is 18.1. The van der Waals surface area contributed by atoms with Gasteiger partial charge in [0, 0.05) is 13.2 Å². The Labute approximate surface area is 112 Å². The van der Waals surface area contributed by atoms with Gasteiger partial charge in [-0.2, -0.15) is 8.42 Å². The first-order valence-electron chi connectivity index (χ1n) is 6.06. The molecule has 1 heterocycles. The van der Waals surface area contributed by atoms with E-state index < -0.39 is 10.0 Å². The van der Waals surface area contributed by atoms with Gasteiger partial charge in [-0.15, -0.1) is 4.40 Å². The zero-order valence-electron chi connectivity index (χ0n) is 10.7. The Balaban J connectivity index is 2.29. The minimum Gasteiger partial charge on any atom is -0.375 e. The van der Waals surface area contributed by atoms with Crippen molar-refractivity contribution in [1.82, 2.24) is 0 Å². The highest BCUT2D eigenvalue weighted by Gasteiger charge is 2.26. The summed E-state index contributed by atoms with van der Waals surface area (Å²) in [5.74, 6) is 0. The van der Waals surface area contributed by atoms with Crippen molar-refractivity contribution in [2.75, 3.05) is 24.6 Å². The molecule has 1 unspecified atom stereocenters. The van der Waals surface area contributed by atoms with Crippen LogP contribution in [0, 0.1) is 0 Å². The maximum absolute atomic E-state index is 11.8. The predicted octanol–water partition coefficient (Wildman–Crippen LogP) is 0.587. The second-order valence-electron chi connectivity index (χ2n) is 4.13. The Hall–Kier alpha value is -1.44. The van der Waals surface area contributed by atoms with Crippen molar-refractivity contribution in [2.45, 2.75) is 17.9 Å². The van der Waals surface area contributed by atoms with Crippen LogP contribution in [0.3, 0.4) is 0 Å². The minimum absolute atomic E-state index is 0.162. The van der Waals surface area contributed by atoms with E-state index in [4.69, 9.17) is 10.5 Å². The molecule has 0 spiro atoms. The molecule has 1 aliphatic rings. The molecule has 104 valence electrons. The number of sulfonamides is 1. The van der Waals surface area contributed by atoms with Crippen LogP contribution in [0.25, 0.3) is 0 Å². The van der Waals surface area contributed by atoms with Gasteiger partial charge in [-0.05, 0) is 19.1 Å². The number of hydrogen-bond donors (Lipinski definition) is 1. The topological polar surface area (TPSA) is 85.0 Å². The Bertz CT molecular complexity index is 571. The number of rotatable bonds is 5. The Kier molecular flexibility index (Phi) is 4.18. The van der Waals surface area contributed by atoms with E-state index in [1.165, 1.54) is 6.34 Å². The number of benzene rings is 1. The molecular weight excluding hydrogens is 266 g/mol. The first-order valence-corrected chi connectivity index (χ1v) is 7.50. The van der Waals surface area contributed by atoms with Crippen molar-refractivity contribution < 1.29 is 13.2 Å². The second-order valence-corrected chi connectivity index (χ2v) is 5.73. The van der Waals surface area contributed by atoms with Crippen LogP contribution in [-0.2, 0) is 14.8 Å². The molecule has 0 bridgehead atoms. The van der Waals surface area contributed by atoms with E-state index in [1.54, 1.807) is 29.2 Å². The van der Waals surface area contributed by atoms with Crippen molar-refractivity contribution in [3.05, 3.63) is 24.3 Å². The van der Waals surface area contributed by atoms with Crippen molar-refractivity contribution >= 4 is 22.0 Å². The van der Waals surface area contributed by atoms with Crippen LogP contribution in [0.5, 0.6) is 0 Å². The molecular formula is C12H17N3O3S. The molecule has 0 aliphatic carbocycles. The maximum atomic E-state index is 11.8. The van der Waals surface area contributed by atoms with Gasteiger partial charge in [0.2, 0.25) is 0 Å². The predicted molar refractivity (Wildman–Crippen MR) is 73.9 cm³/mol. The van der Waals surface area contributed by atoms with Crippen LogP contribution >= 0.6 is 0 Å². The van der Waals surface area contributed by atoms with E-state index in [-0.39, 0.29) is 11.0 Å². The maximum Gasteiger partial charge on any atom is 0.285 e. The molecule has 2 rings (SSSR count). The lowest BCUT2D eigenvalue weighted by atomic mass is 10.2. The molecule has 6 nitrogen and oxygen atoms in total. The lowest BCUT2D eigenvalue weighted by molar-refractivity contribution is 0.0757. The van der Waals surface area contributed by atoms with Crippen molar-refractivity contribution in [2.24, 2.45) is 10.1 Å². The second kappa shape index (κ2) is 5.68. The molecule has 0 fully saturated rings. The first kappa shape index (κ1) is 14.0. The highest BCUT2D eigenvalue weighted by molar-refractivity contribution is 7.90. The molecule has 0 amide bonds. The Morgan fingerprint density at radius 1 is 1.42 bits per heavy atom. The van der Waals surface area contributed by atoms with Gasteiger partial charge in [-0.3, -0.25) is 0 Å². The summed E-state index contributed by atoms with van der Waals surface area (Å²) in [7, 11) is -3.57. The summed E-state index contributed by atoms with van der Waals surface area (Å²) in [6.07, 6.45) is 1.16. The van der Waals surface area contributed by atoms with Crippen LogP contribution in [0.15, 0.2) is 33.6 Å². The van der Waals surface area contributed by atoms with E-state index in [1.807, 2.05) is 6.92 Å².